The largest absolute Gasteiger partial charge is 0.478 e. The van der Waals surface area contributed by atoms with Crippen molar-refractivity contribution >= 4 is 41.3 Å². The molecule has 1 aromatic rings. The zero-order valence-electron chi connectivity index (χ0n) is 7.11. The SMILES string of the molecule is O=C(O)c1c(Cl)cc(Cl)nc1/N=C/NO. The first-order valence-corrected chi connectivity index (χ1v) is 4.33. The van der Waals surface area contributed by atoms with E-state index in [1.54, 1.807) is 5.48 Å². The molecule has 0 aliphatic rings. The fourth-order valence-electron chi connectivity index (χ4n) is 0.854. The van der Waals surface area contributed by atoms with Crippen LogP contribution >= 0.6 is 23.2 Å². The van der Waals surface area contributed by atoms with Gasteiger partial charge in [0.15, 0.2) is 5.82 Å². The van der Waals surface area contributed by atoms with E-state index in [0.29, 0.717) is 0 Å². The number of nitrogens with one attached hydrogen (secondary N) is 1. The smallest absolute Gasteiger partial charge is 0.341 e. The van der Waals surface area contributed by atoms with E-state index in [1.807, 2.05) is 0 Å². The van der Waals surface area contributed by atoms with E-state index >= 15 is 0 Å². The molecule has 1 aromatic heterocycles. The second kappa shape index (κ2) is 4.92. The Bertz CT molecular complexity index is 422. The second-order valence-electron chi connectivity index (χ2n) is 2.32. The fraction of sp³-hybridized carbons (Fsp3) is 0. The molecule has 0 saturated carbocycles. The van der Waals surface area contributed by atoms with Crippen LogP contribution in [0.25, 0.3) is 0 Å². The predicted octanol–water partition coefficient (Wildman–Crippen LogP) is 1.73. The third-order valence-electron chi connectivity index (χ3n) is 1.38. The maximum absolute atomic E-state index is 10.8. The van der Waals surface area contributed by atoms with Crippen molar-refractivity contribution < 1.29 is 15.1 Å². The van der Waals surface area contributed by atoms with Crippen molar-refractivity contribution in [2.75, 3.05) is 0 Å². The Hall–Kier alpha value is -1.37. The molecule has 1 rings (SSSR count). The normalized spacial score (nSPS) is 10.6. The highest BCUT2D eigenvalue weighted by Gasteiger charge is 2.16. The van der Waals surface area contributed by atoms with Crippen molar-refractivity contribution in [2.24, 2.45) is 4.99 Å². The van der Waals surface area contributed by atoms with Crippen molar-refractivity contribution in [3.8, 4) is 0 Å². The van der Waals surface area contributed by atoms with Gasteiger partial charge in [-0.3, -0.25) is 10.7 Å². The molecular weight excluding hydrogens is 245 g/mol. The number of aromatic nitrogens is 1. The van der Waals surface area contributed by atoms with Crippen LogP contribution in [-0.2, 0) is 0 Å². The van der Waals surface area contributed by atoms with Gasteiger partial charge in [-0.05, 0) is 6.07 Å². The summed E-state index contributed by atoms with van der Waals surface area (Å²) in [5, 5.41) is 17.0. The quantitative estimate of drug-likeness (QED) is 0.328. The van der Waals surface area contributed by atoms with Crippen LogP contribution < -0.4 is 5.48 Å². The molecular formula is C7H5Cl2N3O3. The van der Waals surface area contributed by atoms with Crippen LogP contribution in [0.15, 0.2) is 11.1 Å². The molecule has 0 unspecified atom stereocenters. The van der Waals surface area contributed by atoms with Gasteiger partial charge in [-0.25, -0.2) is 14.8 Å². The van der Waals surface area contributed by atoms with E-state index in [9.17, 15) is 4.79 Å². The van der Waals surface area contributed by atoms with Gasteiger partial charge in [0.05, 0.1) is 5.02 Å². The molecule has 0 aliphatic carbocycles. The highest BCUT2D eigenvalue weighted by molar-refractivity contribution is 6.36. The third kappa shape index (κ3) is 2.79. The number of hydrogen-bond acceptors (Lipinski definition) is 4. The van der Waals surface area contributed by atoms with Gasteiger partial charge in [0.1, 0.15) is 17.1 Å². The van der Waals surface area contributed by atoms with Crippen LogP contribution in [0.5, 0.6) is 0 Å². The number of aromatic carboxylic acids is 1. The Labute approximate surface area is 94.1 Å². The summed E-state index contributed by atoms with van der Waals surface area (Å²) in [6.45, 7) is 0. The molecule has 8 heteroatoms. The van der Waals surface area contributed by atoms with Gasteiger partial charge in [-0.2, -0.15) is 0 Å². The molecule has 0 spiro atoms. The van der Waals surface area contributed by atoms with E-state index in [4.69, 9.17) is 33.5 Å². The zero-order chi connectivity index (χ0) is 11.4. The van der Waals surface area contributed by atoms with E-state index in [1.165, 1.54) is 6.07 Å². The van der Waals surface area contributed by atoms with Crippen molar-refractivity contribution in [1.82, 2.24) is 10.5 Å². The van der Waals surface area contributed by atoms with Gasteiger partial charge in [0, 0.05) is 0 Å². The van der Waals surface area contributed by atoms with Crippen LogP contribution in [0.3, 0.4) is 0 Å². The lowest BCUT2D eigenvalue weighted by Gasteiger charge is -2.02. The molecule has 0 aromatic carbocycles. The minimum Gasteiger partial charge on any atom is -0.478 e. The predicted molar refractivity (Wildman–Crippen MR) is 54.3 cm³/mol. The molecule has 0 amide bonds. The van der Waals surface area contributed by atoms with Crippen molar-refractivity contribution in [3.63, 3.8) is 0 Å². The average Bonchev–Trinajstić information content (AvgIpc) is 2.12. The summed E-state index contributed by atoms with van der Waals surface area (Å²) in [6, 6.07) is 1.19. The maximum atomic E-state index is 10.8. The molecule has 0 aliphatic heterocycles. The summed E-state index contributed by atoms with van der Waals surface area (Å²) >= 11 is 11.2. The summed E-state index contributed by atoms with van der Waals surface area (Å²) in [5.41, 5.74) is 1.33. The molecule has 6 nitrogen and oxygen atoms in total. The summed E-state index contributed by atoms with van der Waals surface area (Å²) in [4.78, 5) is 18.0. The number of hydrogen-bond donors (Lipinski definition) is 3. The first-order chi connectivity index (χ1) is 7.06. The van der Waals surface area contributed by atoms with E-state index in [2.05, 4.69) is 9.98 Å². The Morgan fingerprint density at radius 1 is 1.60 bits per heavy atom. The highest BCUT2D eigenvalue weighted by Crippen LogP contribution is 2.27. The Kier molecular flexibility index (Phi) is 3.84. The lowest BCUT2D eigenvalue weighted by Crippen LogP contribution is -2.04. The third-order valence-corrected chi connectivity index (χ3v) is 1.87. The van der Waals surface area contributed by atoms with Gasteiger partial charge in [-0.15, -0.1) is 0 Å². The van der Waals surface area contributed by atoms with Gasteiger partial charge in [0.25, 0.3) is 0 Å². The lowest BCUT2D eigenvalue weighted by atomic mass is 10.2. The number of nitrogens with zero attached hydrogens (tertiary/aromatic N) is 2. The molecule has 3 N–H and O–H groups in total. The number of carbonyl (C=O) groups is 1. The number of carboxylic acid groups (broad SMARTS) is 1. The summed E-state index contributed by atoms with van der Waals surface area (Å²) < 4.78 is 0. The van der Waals surface area contributed by atoms with E-state index in [0.717, 1.165) is 6.34 Å². The van der Waals surface area contributed by atoms with Crippen molar-refractivity contribution in [3.05, 3.63) is 21.8 Å². The number of hydroxylamine groups is 1. The number of rotatable bonds is 3. The maximum Gasteiger partial charge on any atom is 0.341 e. The summed E-state index contributed by atoms with van der Waals surface area (Å²) in [7, 11) is 0. The number of aliphatic imine (C=N–C) groups is 1. The Morgan fingerprint density at radius 3 is 2.80 bits per heavy atom. The van der Waals surface area contributed by atoms with E-state index < -0.39 is 5.97 Å². The number of halogens is 2. The lowest BCUT2D eigenvalue weighted by molar-refractivity contribution is 0.0697. The Morgan fingerprint density at radius 2 is 2.27 bits per heavy atom. The van der Waals surface area contributed by atoms with Crippen LogP contribution in [0.4, 0.5) is 5.82 Å². The van der Waals surface area contributed by atoms with Crippen LogP contribution in [0.2, 0.25) is 10.2 Å². The Balaban J connectivity index is 3.33. The molecule has 0 atom stereocenters. The topological polar surface area (TPSA) is 94.8 Å². The fourth-order valence-corrected chi connectivity index (χ4v) is 1.37. The molecule has 0 radical (unpaired) electrons. The minimum atomic E-state index is -1.28. The molecule has 0 fully saturated rings. The summed E-state index contributed by atoms with van der Waals surface area (Å²) in [5.74, 6) is -1.48. The molecule has 15 heavy (non-hydrogen) atoms. The second-order valence-corrected chi connectivity index (χ2v) is 3.11. The van der Waals surface area contributed by atoms with Crippen LogP contribution in [-0.4, -0.2) is 27.6 Å². The number of pyridine rings is 1. The van der Waals surface area contributed by atoms with Crippen molar-refractivity contribution in [2.45, 2.75) is 0 Å². The van der Waals surface area contributed by atoms with Gasteiger partial charge in [0.2, 0.25) is 0 Å². The monoisotopic (exact) mass is 249 g/mol. The van der Waals surface area contributed by atoms with E-state index in [-0.39, 0.29) is 21.6 Å². The molecule has 80 valence electrons. The van der Waals surface area contributed by atoms with Gasteiger partial charge < -0.3 is 5.11 Å². The zero-order valence-corrected chi connectivity index (χ0v) is 8.62. The first-order valence-electron chi connectivity index (χ1n) is 3.57. The van der Waals surface area contributed by atoms with Crippen LogP contribution in [0.1, 0.15) is 10.4 Å². The summed E-state index contributed by atoms with van der Waals surface area (Å²) in [6.07, 6.45) is 0.849. The molecule has 0 bridgehead atoms. The van der Waals surface area contributed by atoms with Crippen LogP contribution in [0, 0.1) is 0 Å². The first kappa shape index (κ1) is 11.7. The standard InChI is InChI=1S/C7H5Cl2N3O3/c8-3-1-4(9)12-6(10-2-11-15)5(3)7(13)14/h1-2,15H,(H,13,14)(H,10,11,12). The van der Waals surface area contributed by atoms with Gasteiger partial charge in [-0.1, -0.05) is 23.2 Å². The molecule has 0 saturated heterocycles. The number of carboxylic acids is 1. The molecule has 1 heterocycles. The van der Waals surface area contributed by atoms with Gasteiger partial charge >= 0.3 is 5.97 Å². The average molecular weight is 250 g/mol. The minimum absolute atomic E-state index is 0.00934. The highest BCUT2D eigenvalue weighted by atomic mass is 35.5. The van der Waals surface area contributed by atoms with Crippen molar-refractivity contribution in [1.29, 1.82) is 0 Å².